The van der Waals surface area contributed by atoms with Crippen LogP contribution in [0, 0.1) is 11.3 Å². The van der Waals surface area contributed by atoms with E-state index in [-0.39, 0.29) is 11.6 Å². The molecule has 1 aliphatic rings. The molecule has 1 fully saturated rings. The van der Waals surface area contributed by atoms with Crippen LogP contribution in [0.1, 0.15) is 17.2 Å². The van der Waals surface area contributed by atoms with E-state index in [9.17, 15) is 10.1 Å². The summed E-state index contributed by atoms with van der Waals surface area (Å²) in [5, 5.41) is 15.9. The maximum Gasteiger partial charge on any atom is 0.264 e. The number of amides is 1. The lowest BCUT2D eigenvalue weighted by molar-refractivity contribution is -0.117. The Hall–Kier alpha value is -4.08. The summed E-state index contributed by atoms with van der Waals surface area (Å²) in [6.07, 6.45) is 1.47. The van der Waals surface area contributed by atoms with Gasteiger partial charge in [-0.05, 0) is 23.3 Å². The fourth-order valence-electron chi connectivity index (χ4n) is 3.83. The lowest BCUT2D eigenvalue weighted by Gasteiger charge is -2.30. The van der Waals surface area contributed by atoms with Crippen LogP contribution in [-0.2, 0) is 9.53 Å². The second-order valence-electron chi connectivity index (χ2n) is 7.66. The summed E-state index contributed by atoms with van der Waals surface area (Å²) in [5.74, 6) is -0.438. The van der Waals surface area contributed by atoms with Crippen molar-refractivity contribution >= 4 is 17.3 Å². The summed E-state index contributed by atoms with van der Waals surface area (Å²) in [6.45, 7) is 2.94. The molecular weight excluding hydrogens is 412 g/mol. The minimum absolute atomic E-state index is 0.00337. The van der Waals surface area contributed by atoms with Crippen LogP contribution in [0.5, 0.6) is 0 Å². The first-order valence-electron chi connectivity index (χ1n) is 11.0. The van der Waals surface area contributed by atoms with Gasteiger partial charge < -0.3 is 20.3 Å². The van der Waals surface area contributed by atoms with Gasteiger partial charge in [-0.1, -0.05) is 72.8 Å². The largest absolute Gasteiger partial charge is 0.378 e. The van der Waals surface area contributed by atoms with E-state index in [2.05, 4.69) is 15.5 Å². The van der Waals surface area contributed by atoms with E-state index in [0.717, 1.165) is 35.6 Å². The Bertz CT molecular complexity index is 1090. The number of nitriles is 1. The maximum atomic E-state index is 13.1. The zero-order valence-corrected chi connectivity index (χ0v) is 18.3. The third-order valence-electron chi connectivity index (χ3n) is 5.53. The molecule has 0 atom stereocenters. The highest BCUT2D eigenvalue weighted by molar-refractivity contribution is 5.98. The molecule has 1 aliphatic heterocycles. The van der Waals surface area contributed by atoms with E-state index in [4.69, 9.17) is 4.74 Å². The van der Waals surface area contributed by atoms with E-state index in [1.807, 2.05) is 91.0 Å². The molecule has 1 amide bonds. The second-order valence-corrected chi connectivity index (χ2v) is 7.66. The average molecular weight is 439 g/mol. The van der Waals surface area contributed by atoms with Gasteiger partial charge in [-0.3, -0.25) is 4.79 Å². The minimum atomic E-state index is -0.438. The van der Waals surface area contributed by atoms with Gasteiger partial charge in [0.25, 0.3) is 5.91 Å². The van der Waals surface area contributed by atoms with E-state index in [1.54, 1.807) is 0 Å². The minimum Gasteiger partial charge on any atom is -0.378 e. The monoisotopic (exact) mass is 438 g/mol. The van der Waals surface area contributed by atoms with Crippen molar-refractivity contribution in [3.05, 3.63) is 108 Å². The fraction of sp³-hybridized carbons (Fsp3) is 0.185. The molecule has 1 heterocycles. The zero-order chi connectivity index (χ0) is 22.9. The van der Waals surface area contributed by atoms with Gasteiger partial charge in [0.1, 0.15) is 11.6 Å². The average Bonchev–Trinajstić information content (AvgIpc) is 2.89. The Labute approximate surface area is 194 Å². The molecule has 1 saturated heterocycles. The molecule has 2 N–H and O–H groups in total. The normalized spacial score (nSPS) is 13.9. The first-order valence-corrected chi connectivity index (χ1v) is 11.0. The number of hydrogen-bond acceptors (Lipinski definition) is 5. The number of anilines is 2. The number of carbonyl (C=O) groups excluding carboxylic acids is 1. The molecule has 3 aromatic rings. The number of para-hydroxylation sites is 2. The van der Waals surface area contributed by atoms with E-state index < -0.39 is 5.91 Å². The van der Waals surface area contributed by atoms with Crippen LogP contribution in [0.2, 0.25) is 0 Å². The molecule has 166 valence electrons. The number of hydrogen-bond donors (Lipinski definition) is 2. The van der Waals surface area contributed by atoms with Gasteiger partial charge in [-0.2, -0.15) is 5.26 Å². The molecule has 0 aromatic heterocycles. The maximum absolute atomic E-state index is 13.1. The summed E-state index contributed by atoms with van der Waals surface area (Å²) in [6, 6.07) is 29.0. The van der Waals surface area contributed by atoms with Crippen molar-refractivity contribution in [1.82, 2.24) is 5.32 Å². The van der Waals surface area contributed by atoms with Crippen molar-refractivity contribution in [1.29, 1.82) is 5.26 Å². The molecule has 33 heavy (non-hydrogen) atoms. The van der Waals surface area contributed by atoms with E-state index in [1.165, 1.54) is 6.20 Å². The number of rotatable bonds is 7. The van der Waals surface area contributed by atoms with Gasteiger partial charge in [-0.25, -0.2) is 0 Å². The number of nitrogens with zero attached hydrogens (tertiary/aromatic N) is 2. The van der Waals surface area contributed by atoms with Crippen molar-refractivity contribution < 1.29 is 9.53 Å². The Morgan fingerprint density at radius 1 is 0.909 bits per heavy atom. The highest BCUT2D eigenvalue weighted by atomic mass is 16.5. The summed E-state index contributed by atoms with van der Waals surface area (Å²) in [5.41, 5.74) is 3.74. The number of ether oxygens (including phenoxy) is 1. The standard InChI is InChI=1S/C27H26N4O2/c28-19-23(20-29-24-13-7-8-14-25(24)31-15-17-33-18-16-31)27(32)30-26(21-9-3-1-4-10-21)22-11-5-2-6-12-22/h1-14,20,26,29H,15-18H2,(H,30,32)/b23-20-. The molecule has 0 saturated carbocycles. The van der Waals surface area contributed by atoms with E-state index >= 15 is 0 Å². The lowest BCUT2D eigenvalue weighted by Crippen LogP contribution is -2.36. The van der Waals surface area contributed by atoms with Crippen LogP contribution in [0.4, 0.5) is 11.4 Å². The van der Waals surface area contributed by atoms with Crippen LogP contribution >= 0.6 is 0 Å². The second kappa shape index (κ2) is 11.0. The van der Waals surface area contributed by atoms with Crippen LogP contribution in [0.15, 0.2) is 96.7 Å². The van der Waals surface area contributed by atoms with Crippen LogP contribution in [0.25, 0.3) is 0 Å². The van der Waals surface area contributed by atoms with Crippen LogP contribution < -0.4 is 15.5 Å². The molecule has 3 aromatic carbocycles. The van der Waals surface area contributed by atoms with Gasteiger partial charge in [-0.15, -0.1) is 0 Å². The summed E-state index contributed by atoms with van der Waals surface area (Å²) < 4.78 is 5.45. The van der Waals surface area contributed by atoms with Gasteiger partial charge in [0, 0.05) is 19.3 Å². The topological polar surface area (TPSA) is 77.4 Å². The van der Waals surface area contributed by atoms with Crippen LogP contribution in [0.3, 0.4) is 0 Å². The zero-order valence-electron chi connectivity index (χ0n) is 18.3. The lowest BCUT2D eigenvalue weighted by atomic mass is 9.98. The molecule has 4 rings (SSSR count). The molecular formula is C27H26N4O2. The molecule has 0 aliphatic carbocycles. The van der Waals surface area contributed by atoms with Gasteiger partial charge in [0.05, 0.1) is 30.6 Å². The third-order valence-corrected chi connectivity index (χ3v) is 5.53. The van der Waals surface area contributed by atoms with Crippen molar-refractivity contribution in [2.24, 2.45) is 0 Å². The number of carbonyl (C=O) groups is 1. The summed E-state index contributed by atoms with van der Waals surface area (Å²) in [4.78, 5) is 15.3. The highest BCUT2D eigenvalue weighted by Crippen LogP contribution is 2.27. The van der Waals surface area contributed by atoms with Crippen molar-refractivity contribution in [2.75, 3.05) is 36.5 Å². The SMILES string of the molecule is N#C/C(=C/Nc1ccccc1N1CCOCC1)C(=O)NC(c1ccccc1)c1ccccc1. The van der Waals surface area contributed by atoms with Crippen molar-refractivity contribution in [3.63, 3.8) is 0 Å². The summed E-state index contributed by atoms with van der Waals surface area (Å²) >= 11 is 0. The van der Waals surface area contributed by atoms with Crippen molar-refractivity contribution in [2.45, 2.75) is 6.04 Å². The van der Waals surface area contributed by atoms with Crippen LogP contribution in [-0.4, -0.2) is 32.2 Å². The van der Waals surface area contributed by atoms with Crippen molar-refractivity contribution in [3.8, 4) is 6.07 Å². The predicted molar refractivity (Wildman–Crippen MR) is 130 cm³/mol. The first kappa shape index (κ1) is 22.1. The molecule has 6 heteroatoms. The Balaban J connectivity index is 1.54. The molecule has 0 radical (unpaired) electrons. The fourth-order valence-corrected chi connectivity index (χ4v) is 3.83. The van der Waals surface area contributed by atoms with Gasteiger partial charge in [0.15, 0.2) is 0 Å². The Morgan fingerprint density at radius 3 is 2.09 bits per heavy atom. The first-order chi connectivity index (χ1) is 16.3. The van der Waals surface area contributed by atoms with E-state index in [0.29, 0.717) is 13.2 Å². The molecule has 0 unspecified atom stereocenters. The number of morpholine rings is 1. The molecule has 0 bridgehead atoms. The number of benzene rings is 3. The third kappa shape index (κ3) is 5.59. The Kier molecular flexibility index (Phi) is 7.36. The van der Waals surface area contributed by atoms with Gasteiger partial charge in [0.2, 0.25) is 0 Å². The Morgan fingerprint density at radius 2 is 1.48 bits per heavy atom. The smallest absolute Gasteiger partial charge is 0.264 e. The highest BCUT2D eigenvalue weighted by Gasteiger charge is 2.19. The quantitative estimate of drug-likeness (QED) is 0.426. The number of nitrogens with one attached hydrogen (secondary N) is 2. The van der Waals surface area contributed by atoms with Gasteiger partial charge >= 0.3 is 0 Å². The molecule has 0 spiro atoms. The predicted octanol–water partition coefficient (Wildman–Crippen LogP) is 4.25. The molecule has 6 nitrogen and oxygen atoms in total. The summed E-state index contributed by atoms with van der Waals surface area (Å²) in [7, 11) is 0.